The molecule has 1 amide bonds. The number of hydrogen-bond donors (Lipinski definition) is 0. The number of carbonyl (C=O) groups is 1. The van der Waals surface area contributed by atoms with E-state index in [0.29, 0.717) is 5.02 Å². The number of amides is 1. The molecular formula is C20H19ClFN3O. The van der Waals surface area contributed by atoms with Gasteiger partial charge in [0.2, 0.25) is 5.91 Å². The largest absolute Gasteiger partial charge is 0.313 e. The minimum atomic E-state index is -0.423. The number of aryl methyl sites for hydroxylation is 1. The fourth-order valence-electron chi connectivity index (χ4n) is 2.89. The van der Waals surface area contributed by atoms with Crippen LogP contribution >= 0.6 is 11.6 Å². The van der Waals surface area contributed by atoms with Gasteiger partial charge in [-0.2, -0.15) is 5.10 Å². The smallest absolute Gasteiger partial charge is 0.231 e. The monoisotopic (exact) mass is 371 g/mol. The molecule has 0 unspecified atom stereocenters. The summed E-state index contributed by atoms with van der Waals surface area (Å²) in [6.07, 6.45) is 0.149. The molecule has 4 nitrogen and oxygen atoms in total. The highest BCUT2D eigenvalue weighted by Crippen LogP contribution is 2.22. The van der Waals surface area contributed by atoms with Crippen molar-refractivity contribution < 1.29 is 9.18 Å². The number of para-hydroxylation sites is 1. The van der Waals surface area contributed by atoms with E-state index in [9.17, 15) is 9.18 Å². The van der Waals surface area contributed by atoms with Gasteiger partial charge in [-0.3, -0.25) is 4.79 Å². The summed E-state index contributed by atoms with van der Waals surface area (Å²) in [5.74, 6) is -0.620. The van der Waals surface area contributed by atoms with Crippen LogP contribution in [0.15, 0.2) is 48.5 Å². The maximum Gasteiger partial charge on any atom is 0.231 e. The fourth-order valence-corrected chi connectivity index (χ4v) is 3.02. The highest BCUT2D eigenvalue weighted by molar-refractivity contribution is 6.30. The van der Waals surface area contributed by atoms with Gasteiger partial charge >= 0.3 is 0 Å². The number of likely N-dealkylation sites (N-methyl/N-ethyl adjacent to an activating group) is 1. The lowest BCUT2D eigenvalue weighted by molar-refractivity contribution is -0.117. The van der Waals surface area contributed by atoms with E-state index < -0.39 is 5.82 Å². The second kappa shape index (κ2) is 7.30. The summed E-state index contributed by atoms with van der Waals surface area (Å²) in [5.41, 5.74) is 3.62. The second-order valence-corrected chi connectivity index (χ2v) is 6.55. The Balaban J connectivity index is 1.87. The first kappa shape index (κ1) is 18.1. The Morgan fingerprint density at radius 3 is 2.46 bits per heavy atom. The molecule has 0 atom stereocenters. The Bertz CT molecular complexity index is 950. The summed E-state index contributed by atoms with van der Waals surface area (Å²) in [6, 6.07) is 13.6. The predicted molar refractivity (Wildman–Crippen MR) is 102 cm³/mol. The van der Waals surface area contributed by atoms with Crippen molar-refractivity contribution in [3.63, 3.8) is 0 Å². The zero-order valence-electron chi connectivity index (χ0n) is 14.8. The van der Waals surface area contributed by atoms with Gasteiger partial charge in [0.25, 0.3) is 0 Å². The normalized spacial score (nSPS) is 10.8. The summed E-state index contributed by atoms with van der Waals surface area (Å²) in [6.45, 7) is 3.78. The molecule has 26 heavy (non-hydrogen) atoms. The van der Waals surface area contributed by atoms with E-state index in [4.69, 9.17) is 11.6 Å². The Morgan fingerprint density at radius 2 is 1.81 bits per heavy atom. The first-order valence-electron chi connectivity index (χ1n) is 8.20. The minimum Gasteiger partial charge on any atom is -0.313 e. The lowest BCUT2D eigenvalue weighted by Gasteiger charge is -2.18. The van der Waals surface area contributed by atoms with E-state index in [1.165, 1.54) is 11.0 Å². The van der Waals surface area contributed by atoms with Crippen molar-refractivity contribution in [1.82, 2.24) is 9.78 Å². The molecule has 0 aliphatic heterocycles. The molecule has 0 N–H and O–H groups in total. The van der Waals surface area contributed by atoms with Gasteiger partial charge in [-0.15, -0.1) is 0 Å². The van der Waals surface area contributed by atoms with Crippen LogP contribution in [0.3, 0.4) is 0 Å². The van der Waals surface area contributed by atoms with E-state index in [0.717, 1.165) is 22.6 Å². The van der Waals surface area contributed by atoms with Crippen LogP contribution in [-0.2, 0) is 11.2 Å². The van der Waals surface area contributed by atoms with Crippen LogP contribution in [0.1, 0.15) is 17.0 Å². The van der Waals surface area contributed by atoms with Gasteiger partial charge < -0.3 is 4.90 Å². The van der Waals surface area contributed by atoms with Crippen molar-refractivity contribution in [2.75, 3.05) is 11.9 Å². The van der Waals surface area contributed by atoms with Crippen molar-refractivity contribution in [2.24, 2.45) is 0 Å². The Kier molecular flexibility index (Phi) is 5.09. The van der Waals surface area contributed by atoms with Gasteiger partial charge in [-0.25, -0.2) is 9.07 Å². The number of nitrogens with zero attached hydrogens (tertiary/aromatic N) is 3. The van der Waals surface area contributed by atoms with Crippen LogP contribution in [0.5, 0.6) is 0 Å². The summed E-state index contributed by atoms with van der Waals surface area (Å²) >= 11 is 5.94. The number of benzene rings is 2. The Hall–Kier alpha value is -2.66. The molecule has 0 bridgehead atoms. The lowest BCUT2D eigenvalue weighted by Crippen LogP contribution is -2.29. The van der Waals surface area contributed by atoms with Gasteiger partial charge in [-0.1, -0.05) is 23.7 Å². The highest BCUT2D eigenvalue weighted by Gasteiger charge is 2.20. The molecule has 3 rings (SSSR count). The molecule has 134 valence electrons. The Labute approximate surface area is 156 Å². The van der Waals surface area contributed by atoms with Crippen LogP contribution in [0.2, 0.25) is 5.02 Å². The van der Waals surface area contributed by atoms with E-state index in [2.05, 4.69) is 5.10 Å². The first-order valence-corrected chi connectivity index (χ1v) is 8.58. The highest BCUT2D eigenvalue weighted by atomic mass is 35.5. The van der Waals surface area contributed by atoms with Crippen molar-refractivity contribution in [2.45, 2.75) is 20.3 Å². The van der Waals surface area contributed by atoms with Gasteiger partial charge in [0.05, 0.1) is 23.5 Å². The fraction of sp³-hybridized carbons (Fsp3) is 0.200. The van der Waals surface area contributed by atoms with E-state index in [1.807, 2.05) is 26.0 Å². The van der Waals surface area contributed by atoms with Gasteiger partial charge in [0.15, 0.2) is 0 Å². The molecule has 0 saturated carbocycles. The topological polar surface area (TPSA) is 38.1 Å². The lowest BCUT2D eigenvalue weighted by atomic mass is 10.1. The van der Waals surface area contributed by atoms with Crippen molar-refractivity contribution in [3.05, 3.63) is 76.3 Å². The minimum absolute atomic E-state index is 0.149. The molecule has 0 fully saturated rings. The number of aromatic nitrogens is 2. The zero-order valence-corrected chi connectivity index (χ0v) is 15.6. The van der Waals surface area contributed by atoms with Crippen LogP contribution in [0.25, 0.3) is 5.69 Å². The van der Waals surface area contributed by atoms with Gasteiger partial charge in [-0.05, 0) is 50.2 Å². The number of carbonyl (C=O) groups excluding carboxylic acids is 1. The molecular weight excluding hydrogens is 353 g/mol. The molecule has 0 aliphatic rings. The standard InChI is InChI=1S/C20H19ClFN3O/c1-13-17(12-20(26)24(3)19-7-5-4-6-18(19)22)14(2)25(23-13)16-10-8-15(21)9-11-16/h4-11H,12H2,1-3H3. The van der Waals surface area contributed by atoms with Crippen LogP contribution in [-0.4, -0.2) is 22.7 Å². The number of halogens is 2. The summed E-state index contributed by atoms with van der Waals surface area (Å²) < 4.78 is 15.7. The maximum absolute atomic E-state index is 13.9. The molecule has 0 aliphatic carbocycles. The molecule has 2 aromatic carbocycles. The number of hydrogen-bond acceptors (Lipinski definition) is 2. The zero-order chi connectivity index (χ0) is 18.8. The molecule has 0 saturated heterocycles. The molecule has 0 radical (unpaired) electrons. The van der Waals surface area contributed by atoms with Crippen LogP contribution < -0.4 is 4.90 Å². The molecule has 1 heterocycles. The number of anilines is 1. The third kappa shape index (κ3) is 3.48. The molecule has 6 heteroatoms. The van der Waals surface area contributed by atoms with Gasteiger partial charge in [0, 0.05) is 23.3 Å². The first-order chi connectivity index (χ1) is 12.4. The van der Waals surface area contributed by atoms with E-state index >= 15 is 0 Å². The maximum atomic E-state index is 13.9. The predicted octanol–water partition coefficient (Wildman–Crippen LogP) is 4.49. The van der Waals surface area contributed by atoms with Gasteiger partial charge in [0.1, 0.15) is 5.82 Å². The van der Waals surface area contributed by atoms with Crippen molar-refractivity contribution in [3.8, 4) is 5.69 Å². The molecule has 3 aromatic rings. The number of rotatable bonds is 4. The SMILES string of the molecule is Cc1nn(-c2ccc(Cl)cc2)c(C)c1CC(=O)N(C)c1ccccc1F. The molecule has 0 spiro atoms. The van der Waals surface area contributed by atoms with Crippen molar-refractivity contribution in [1.29, 1.82) is 0 Å². The Morgan fingerprint density at radius 1 is 1.15 bits per heavy atom. The molecule has 1 aromatic heterocycles. The summed E-state index contributed by atoms with van der Waals surface area (Å²) in [5, 5.41) is 5.19. The third-order valence-electron chi connectivity index (χ3n) is 4.43. The average molecular weight is 372 g/mol. The summed E-state index contributed by atoms with van der Waals surface area (Å²) in [7, 11) is 1.58. The summed E-state index contributed by atoms with van der Waals surface area (Å²) in [4.78, 5) is 14.0. The quantitative estimate of drug-likeness (QED) is 0.677. The van der Waals surface area contributed by atoms with Crippen molar-refractivity contribution >= 4 is 23.2 Å². The second-order valence-electron chi connectivity index (χ2n) is 6.12. The van der Waals surface area contributed by atoms with Crippen LogP contribution in [0.4, 0.5) is 10.1 Å². The average Bonchev–Trinajstić information content (AvgIpc) is 2.90. The van der Waals surface area contributed by atoms with E-state index in [1.54, 1.807) is 42.1 Å². The van der Waals surface area contributed by atoms with Crippen LogP contribution in [0, 0.1) is 19.7 Å². The third-order valence-corrected chi connectivity index (χ3v) is 4.68. The van der Waals surface area contributed by atoms with E-state index in [-0.39, 0.29) is 18.0 Å².